The van der Waals surface area contributed by atoms with Gasteiger partial charge in [0.15, 0.2) is 0 Å². The molecule has 1 heterocycles. The first kappa shape index (κ1) is 17.3. The van der Waals surface area contributed by atoms with Crippen LogP contribution in [-0.2, 0) is 11.9 Å². The Morgan fingerprint density at radius 2 is 1.88 bits per heavy atom. The zero-order valence-corrected chi connectivity index (χ0v) is 13.8. The number of rotatable bonds is 4. The van der Waals surface area contributed by atoms with Gasteiger partial charge in [-0.05, 0) is 29.8 Å². The summed E-state index contributed by atoms with van der Waals surface area (Å²) in [7, 11) is 1.45. The normalized spacial score (nSPS) is 11.7. The lowest BCUT2D eigenvalue weighted by atomic mass is 10.1. The highest BCUT2D eigenvalue weighted by molar-refractivity contribution is 7.98. The highest BCUT2D eigenvalue weighted by atomic mass is 32.2. The molecule has 3 aromatic rings. The maximum Gasteiger partial charge on any atom is 0.416 e. The van der Waals surface area contributed by atoms with Crippen LogP contribution in [0, 0.1) is 0 Å². The van der Waals surface area contributed by atoms with Gasteiger partial charge < -0.3 is 9.15 Å². The first-order valence-electron chi connectivity index (χ1n) is 7.15. The number of alkyl halides is 3. The number of aromatic nitrogens is 1. The molecule has 0 bridgehead atoms. The van der Waals surface area contributed by atoms with E-state index in [9.17, 15) is 18.0 Å². The summed E-state index contributed by atoms with van der Waals surface area (Å²) in [5.74, 6) is 0.696. The van der Waals surface area contributed by atoms with Crippen LogP contribution >= 0.6 is 11.8 Å². The summed E-state index contributed by atoms with van der Waals surface area (Å²) in [5.41, 5.74) is -0.181. The van der Waals surface area contributed by atoms with E-state index in [1.165, 1.54) is 19.2 Å². The van der Waals surface area contributed by atoms with Crippen molar-refractivity contribution in [3.8, 4) is 5.75 Å². The molecule has 0 aliphatic heterocycles. The van der Waals surface area contributed by atoms with E-state index in [-0.39, 0.29) is 10.6 Å². The molecular weight excluding hydrogens is 355 g/mol. The minimum Gasteiger partial charge on any atom is -0.496 e. The first-order chi connectivity index (χ1) is 11.9. The molecule has 3 rings (SSSR count). The highest BCUT2D eigenvalue weighted by Crippen LogP contribution is 2.30. The predicted octanol–water partition coefficient (Wildman–Crippen LogP) is 4.51. The summed E-state index contributed by atoms with van der Waals surface area (Å²) in [6.07, 6.45) is -4.36. The number of methoxy groups -OCH3 is 1. The summed E-state index contributed by atoms with van der Waals surface area (Å²) in [6.45, 7) is 0. The summed E-state index contributed by atoms with van der Waals surface area (Å²) in [6, 6.07) is 9.82. The lowest BCUT2D eigenvalue weighted by Crippen LogP contribution is -2.05. The van der Waals surface area contributed by atoms with E-state index in [1.807, 2.05) is 0 Å². The summed E-state index contributed by atoms with van der Waals surface area (Å²) < 4.78 is 47.9. The third-order valence-corrected chi connectivity index (χ3v) is 4.36. The average Bonchev–Trinajstić information content (AvgIpc) is 2.59. The Hall–Kier alpha value is -2.48. The molecule has 0 saturated heterocycles. The number of fused-ring (bicyclic) bond motifs is 1. The van der Waals surface area contributed by atoms with Gasteiger partial charge in [-0.2, -0.15) is 13.2 Å². The zero-order chi connectivity index (χ0) is 18.0. The standard InChI is InChI=1S/C17H12F3NO3S/c1-23-13-4-2-3-12-14(13)15(22)24-16(21-12)25-9-10-5-7-11(8-6-10)17(18,19)20/h2-8H,9H2,1H3. The SMILES string of the molecule is COc1cccc2nc(SCc3ccc(C(F)(F)F)cc3)oc(=O)c12. The fourth-order valence-electron chi connectivity index (χ4n) is 2.24. The highest BCUT2D eigenvalue weighted by Gasteiger charge is 2.29. The monoisotopic (exact) mass is 367 g/mol. The third-order valence-electron chi connectivity index (χ3n) is 3.46. The molecule has 4 nitrogen and oxygen atoms in total. The van der Waals surface area contributed by atoms with Crippen LogP contribution in [0.15, 0.2) is 56.9 Å². The number of hydrogen-bond acceptors (Lipinski definition) is 5. The van der Waals surface area contributed by atoms with Gasteiger partial charge in [-0.3, -0.25) is 0 Å². The van der Waals surface area contributed by atoms with Gasteiger partial charge >= 0.3 is 11.8 Å². The molecule has 0 amide bonds. The quantitative estimate of drug-likeness (QED) is 0.635. The largest absolute Gasteiger partial charge is 0.496 e. The maximum atomic E-state index is 12.5. The number of benzene rings is 2. The Morgan fingerprint density at radius 1 is 1.16 bits per heavy atom. The molecule has 2 aromatic carbocycles. The van der Waals surface area contributed by atoms with E-state index in [4.69, 9.17) is 9.15 Å². The molecular formula is C17H12F3NO3S. The summed E-state index contributed by atoms with van der Waals surface area (Å²) >= 11 is 1.13. The minimum absolute atomic E-state index is 0.144. The van der Waals surface area contributed by atoms with E-state index in [0.29, 0.717) is 22.6 Å². The second-order valence-electron chi connectivity index (χ2n) is 5.10. The zero-order valence-electron chi connectivity index (χ0n) is 13.0. The molecule has 0 atom stereocenters. The Bertz CT molecular complexity index is 952. The average molecular weight is 367 g/mol. The van der Waals surface area contributed by atoms with Gasteiger partial charge in [0, 0.05) is 5.75 Å². The second kappa shape index (κ2) is 6.79. The lowest BCUT2D eigenvalue weighted by Gasteiger charge is -2.07. The van der Waals surface area contributed by atoms with Crippen LogP contribution in [0.4, 0.5) is 13.2 Å². The van der Waals surface area contributed by atoms with Gasteiger partial charge in [0.05, 0.1) is 18.2 Å². The van der Waals surface area contributed by atoms with Crippen molar-refractivity contribution in [3.05, 3.63) is 64.0 Å². The summed E-state index contributed by atoms with van der Waals surface area (Å²) in [5, 5.41) is 0.398. The molecule has 0 N–H and O–H groups in total. The Kier molecular flexibility index (Phi) is 4.71. The molecule has 0 unspecified atom stereocenters. The van der Waals surface area contributed by atoms with E-state index >= 15 is 0 Å². The maximum absolute atomic E-state index is 12.5. The topological polar surface area (TPSA) is 52.3 Å². The van der Waals surface area contributed by atoms with Gasteiger partial charge in [0.25, 0.3) is 5.22 Å². The van der Waals surface area contributed by atoms with Crippen molar-refractivity contribution < 1.29 is 22.3 Å². The van der Waals surface area contributed by atoms with Crippen molar-refractivity contribution in [2.24, 2.45) is 0 Å². The van der Waals surface area contributed by atoms with Crippen molar-refractivity contribution in [1.29, 1.82) is 0 Å². The van der Waals surface area contributed by atoms with Crippen LogP contribution in [0.25, 0.3) is 10.9 Å². The predicted molar refractivity (Wildman–Crippen MR) is 87.8 cm³/mol. The molecule has 0 spiro atoms. The van der Waals surface area contributed by atoms with Gasteiger partial charge in [0.2, 0.25) is 0 Å². The van der Waals surface area contributed by atoms with Gasteiger partial charge in [0.1, 0.15) is 11.1 Å². The van der Waals surface area contributed by atoms with Crippen LogP contribution < -0.4 is 10.4 Å². The molecule has 8 heteroatoms. The number of ether oxygens (including phenoxy) is 1. The van der Waals surface area contributed by atoms with E-state index in [2.05, 4.69) is 4.98 Å². The fraction of sp³-hybridized carbons (Fsp3) is 0.176. The van der Waals surface area contributed by atoms with Crippen LogP contribution in [0.5, 0.6) is 5.75 Å². The molecule has 0 saturated carbocycles. The number of hydrogen-bond donors (Lipinski definition) is 0. The van der Waals surface area contributed by atoms with E-state index in [1.54, 1.807) is 18.2 Å². The molecule has 0 aliphatic rings. The molecule has 1 aromatic heterocycles. The van der Waals surface area contributed by atoms with Crippen molar-refractivity contribution in [2.45, 2.75) is 17.2 Å². The number of nitrogens with zero attached hydrogens (tertiary/aromatic N) is 1. The second-order valence-corrected chi connectivity index (χ2v) is 6.03. The molecule has 0 aliphatic carbocycles. The summed E-state index contributed by atoms with van der Waals surface area (Å²) in [4.78, 5) is 16.4. The van der Waals surface area contributed by atoms with Crippen molar-refractivity contribution in [1.82, 2.24) is 4.98 Å². The van der Waals surface area contributed by atoms with E-state index < -0.39 is 17.4 Å². The van der Waals surface area contributed by atoms with Crippen LogP contribution in [0.1, 0.15) is 11.1 Å². The molecule has 25 heavy (non-hydrogen) atoms. The molecule has 130 valence electrons. The van der Waals surface area contributed by atoms with E-state index in [0.717, 1.165) is 23.9 Å². The van der Waals surface area contributed by atoms with Crippen LogP contribution in [-0.4, -0.2) is 12.1 Å². The Balaban J connectivity index is 1.81. The van der Waals surface area contributed by atoms with Gasteiger partial charge in [-0.25, -0.2) is 9.78 Å². The van der Waals surface area contributed by atoms with Crippen LogP contribution in [0.3, 0.4) is 0 Å². The van der Waals surface area contributed by atoms with Gasteiger partial charge in [-0.15, -0.1) is 0 Å². The van der Waals surface area contributed by atoms with Crippen LogP contribution in [0.2, 0.25) is 0 Å². The fourth-order valence-corrected chi connectivity index (χ4v) is 3.02. The van der Waals surface area contributed by atoms with Crippen molar-refractivity contribution >= 4 is 22.7 Å². The Labute approximate surface area is 144 Å². The van der Waals surface area contributed by atoms with Crippen molar-refractivity contribution in [2.75, 3.05) is 7.11 Å². The number of halogens is 3. The molecule has 0 fully saturated rings. The smallest absolute Gasteiger partial charge is 0.416 e. The minimum atomic E-state index is -4.36. The Morgan fingerprint density at radius 3 is 2.52 bits per heavy atom. The first-order valence-corrected chi connectivity index (χ1v) is 8.14. The van der Waals surface area contributed by atoms with Crippen molar-refractivity contribution in [3.63, 3.8) is 0 Å². The lowest BCUT2D eigenvalue weighted by molar-refractivity contribution is -0.137. The number of thioether (sulfide) groups is 1. The molecule has 0 radical (unpaired) electrons. The third kappa shape index (κ3) is 3.79. The van der Waals surface area contributed by atoms with Gasteiger partial charge in [-0.1, -0.05) is 30.0 Å².